The van der Waals surface area contributed by atoms with Crippen molar-refractivity contribution in [2.45, 2.75) is 57.2 Å². The van der Waals surface area contributed by atoms with Gasteiger partial charge in [0.15, 0.2) is 0 Å². The summed E-state index contributed by atoms with van der Waals surface area (Å²) < 4.78 is 29.5. The molecule has 3 aromatic rings. The van der Waals surface area contributed by atoms with Gasteiger partial charge >= 0.3 is 0 Å². The number of rotatable bonds is 10. The van der Waals surface area contributed by atoms with Gasteiger partial charge in [0.05, 0.1) is 5.69 Å². The van der Waals surface area contributed by atoms with Gasteiger partial charge in [0.1, 0.15) is 11.8 Å². The Hall–Kier alpha value is -3.50. The van der Waals surface area contributed by atoms with E-state index in [0.717, 1.165) is 11.1 Å². The summed E-state index contributed by atoms with van der Waals surface area (Å²) in [6, 6.07) is 12.0. The highest BCUT2D eigenvalue weighted by Crippen LogP contribution is 2.44. The number of nitrogens with one attached hydrogen (secondary N) is 1. The van der Waals surface area contributed by atoms with Crippen molar-refractivity contribution >= 4 is 23.4 Å². The molecule has 202 valence electrons. The smallest absolute Gasteiger partial charge is 0.252 e. The Kier molecular flexibility index (Phi) is 8.32. The van der Waals surface area contributed by atoms with E-state index in [1.54, 1.807) is 73.4 Å². The molecular formula is C27H30ClF2N5O3. The molecule has 11 heteroatoms. The molecular weight excluding hydrogens is 516 g/mol. The molecule has 2 amide bonds. The van der Waals surface area contributed by atoms with Crippen LogP contribution in [0, 0.1) is 6.92 Å². The first-order valence-electron chi connectivity index (χ1n) is 12.2. The third-order valence-corrected chi connectivity index (χ3v) is 6.94. The summed E-state index contributed by atoms with van der Waals surface area (Å²) in [5.74, 6) is 1.90. The summed E-state index contributed by atoms with van der Waals surface area (Å²) in [5.41, 5.74) is 2.69. The lowest BCUT2D eigenvalue weighted by molar-refractivity contribution is -0.164. The topological polar surface area (TPSA) is 102 Å². The number of nitrogens with two attached hydrogens (primary N) is 1. The van der Waals surface area contributed by atoms with Crippen LogP contribution in [0.3, 0.4) is 0 Å². The molecule has 4 rings (SSSR count). The number of halogens is 3. The van der Waals surface area contributed by atoms with Crippen molar-refractivity contribution in [2.24, 2.45) is 12.9 Å². The summed E-state index contributed by atoms with van der Waals surface area (Å²) in [6.07, 6.45) is 1.05. The molecule has 0 spiro atoms. The molecule has 0 radical (unpaired) electrons. The molecule has 1 saturated carbocycles. The molecule has 1 aliphatic carbocycles. The van der Waals surface area contributed by atoms with Gasteiger partial charge in [-0.2, -0.15) is 11.0 Å². The molecule has 1 fully saturated rings. The van der Waals surface area contributed by atoms with Gasteiger partial charge < -0.3 is 15.1 Å². The Labute approximate surface area is 224 Å². The lowest BCUT2D eigenvalue weighted by atomic mass is 9.84. The molecule has 0 saturated heterocycles. The van der Waals surface area contributed by atoms with E-state index in [4.69, 9.17) is 17.5 Å². The van der Waals surface area contributed by atoms with Crippen LogP contribution in [0.25, 0.3) is 0 Å². The predicted molar refractivity (Wildman–Crippen MR) is 138 cm³/mol. The third kappa shape index (κ3) is 6.49. The number of nitrogens with zero attached hydrogens (tertiary/aromatic N) is 3. The number of hydrogen-bond donors (Lipinski definition) is 2. The Morgan fingerprint density at radius 1 is 1.18 bits per heavy atom. The van der Waals surface area contributed by atoms with Crippen LogP contribution in [0.2, 0.25) is 5.02 Å². The van der Waals surface area contributed by atoms with Gasteiger partial charge in [-0.1, -0.05) is 35.9 Å². The highest BCUT2D eigenvalue weighted by Gasteiger charge is 2.52. The summed E-state index contributed by atoms with van der Waals surface area (Å²) in [6.45, 7) is 1.91. The molecule has 2 aromatic carbocycles. The maximum absolute atomic E-state index is 14.0. The van der Waals surface area contributed by atoms with Crippen molar-refractivity contribution in [1.82, 2.24) is 20.0 Å². The SMILES string of the molecule is Cc1nn(C)cc1C(C(=O)NCc1ccc(Cl)cc1)N(C(=O)CCc1ccc(ON)cc1)C1CC(F)(F)C1. The second kappa shape index (κ2) is 11.5. The quantitative estimate of drug-likeness (QED) is 0.371. The van der Waals surface area contributed by atoms with Crippen LogP contribution >= 0.6 is 11.6 Å². The molecule has 0 bridgehead atoms. The number of benzene rings is 2. The van der Waals surface area contributed by atoms with E-state index in [1.165, 1.54) is 4.90 Å². The van der Waals surface area contributed by atoms with Crippen molar-refractivity contribution in [3.8, 4) is 5.75 Å². The fourth-order valence-electron chi connectivity index (χ4n) is 4.69. The standard InChI is InChI=1S/C27H30ClF2N5O3/c1-17-23(16-34(2)33-17)25(26(37)32-15-19-3-8-20(28)9-4-19)35(21-13-27(29,30)14-21)24(36)12-7-18-5-10-22(38-31)11-6-18/h3-6,8-11,16,21,25H,7,12-15,31H2,1-2H3,(H,32,37). The minimum absolute atomic E-state index is 0.0329. The minimum Gasteiger partial charge on any atom is -0.412 e. The summed E-state index contributed by atoms with van der Waals surface area (Å²) in [4.78, 5) is 33.3. The fraction of sp³-hybridized carbons (Fsp3) is 0.370. The van der Waals surface area contributed by atoms with E-state index in [2.05, 4.69) is 15.3 Å². The number of amides is 2. The van der Waals surface area contributed by atoms with Crippen LogP contribution in [-0.2, 0) is 29.6 Å². The van der Waals surface area contributed by atoms with Crippen LogP contribution in [0.5, 0.6) is 5.75 Å². The highest BCUT2D eigenvalue weighted by molar-refractivity contribution is 6.30. The molecule has 1 atom stereocenters. The van der Waals surface area contributed by atoms with Gasteiger partial charge in [-0.15, -0.1) is 0 Å². The van der Waals surface area contributed by atoms with Gasteiger partial charge in [-0.05, 0) is 48.7 Å². The number of hydrogen-bond acceptors (Lipinski definition) is 5. The van der Waals surface area contributed by atoms with E-state index < -0.39 is 36.8 Å². The van der Waals surface area contributed by atoms with E-state index in [-0.39, 0.29) is 18.9 Å². The molecule has 1 unspecified atom stereocenters. The average Bonchev–Trinajstić information content (AvgIpc) is 3.21. The van der Waals surface area contributed by atoms with Crippen LogP contribution in [0.15, 0.2) is 54.7 Å². The van der Waals surface area contributed by atoms with Crippen molar-refractivity contribution in [3.05, 3.63) is 82.1 Å². The molecule has 1 aliphatic rings. The van der Waals surface area contributed by atoms with Gasteiger partial charge in [-0.25, -0.2) is 8.78 Å². The first kappa shape index (κ1) is 27.5. The monoisotopic (exact) mass is 545 g/mol. The Morgan fingerprint density at radius 3 is 2.37 bits per heavy atom. The second-order valence-electron chi connectivity index (χ2n) is 9.57. The molecule has 0 aliphatic heterocycles. The number of carbonyl (C=O) groups excluding carboxylic acids is 2. The summed E-state index contributed by atoms with van der Waals surface area (Å²) in [7, 11) is 1.71. The zero-order valence-electron chi connectivity index (χ0n) is 21.2. The van der Waals surface area contributed by atoms with E-state index in [0.29, 0.717) is 28.5 Å². The van der Waals surface area contributed by atoms with Crippen molar-refractivity contribution in [2.75, 3.05) is 0 Å². The Bertz CT molecular complexity index is 1270. The highest BCUT2D eigenvalue weighted by atomic mass is 35.5. The first-order valence-corrected chi connectivity index (χ1v) is 12.6. The average molecular weight is 546 g/mol. The second-order valence-corrected chi connectivity index (χ2v) is 10.0. The third-order valence-electron chi connectivity index (χ3n) is 6.69. The molecule has 8 nitrogen and oxygen atoms in total. The van der Waals surface area contributed by atoms with Crippen LogP contribution in [0.4, 0.5) is 8.78 Å². The van der Waals surface area contributed by atoms with Crippen LogP contribution in [0.1, 0.15) is 47.7 Å². The normalized spacial score (nSPS) is 15.4. The Morgan fingerprint density at radius 2 is 1.82 bits per heavy atom. The van der Waals surface area contributed by atoms with Crippen LogP contribution < -0.4 is 16.1 Å². The van der Waals surface area contributed by atoms with Crippen molar-refractivity contribution in [1.29, 1.82) is 0 Å². The zero-order chi connectivity index (χ0) is 27.4. The predicted octanol–water partition coefficient (Wildman–Crippen LogP) is 4.25. The molecule has 1 heterocycles. The Balaban J connectivity index is 1.60. The van der Waals surface area contributed by atoms with Gasteiger partial charge in [0.25, 0.3) is 5.92 Å². The van der Waals surface area contributed by atoms with Gasteiger partial charge in [-0.3, -0.25) is 14.3 Å². The van der Waals surface area contributed by atoms with E-state index in [9.17, 15) is 18.4 Å². The summed E-state index contributed by atoms with van der Waals surface area (Å²) in [5, 5.41) is 7.78. The number of carbonyl (C=O) groups is 2. The summed E-state index contributed by atoms with van der Waals surface area (Å²) >= 11 is 5.96. The zero-order valence-corrected chi connectivity index (χ0v) is 21.9. The molecule has 38 heavy (non-hydrogen) atoms. The van der Waals surface area contributed by atoms with Gasteiger partial charge in [0.2, 0.25) is 11.8 Å². The lowest BCUT2D eigenvalue weighted by Crippen LogP contribution is -2.56. The number of aromatic nitrogens is 2. The molecule has 1 aromatic heterocycles. The maximum atomic E-state index is 14.0. The largest absolute Gasteiger partial charge is 0.412 e. The maximum Gasteiger partial charge on any atom is 0.252 e. The van der Waals surface area contributed by atoms with E-state index in [1.807, 2.05) is 0 Å². The molecule has 3 N–H and O–H groups in total. The van der Waals surface area contributed by atoms with E-state index >= 15 is 0 Å². The lowest BCUT2D eigenvalue weighted by Gasteiger charge is -2.45. The van der Waals surface area contributed by atoms with Crippen LogP contribution in [-0.4, -0.2) is 38.5 Å². The van der Waals surface area contributed by atoms with Crippen molar-refractivity contribution in [3.63, 3.8) is 0 Å². The van der Waals surface area contributed by atoms with Crippen molar-refractivity contribution < 1.29 is 23.2 Å². The fourth-order valence-corrected chi connectivity index (χ4v) is 4.82. The first-order chi connectivity index (χ1) is 18.1. The van der Waals surface area contributed by atoms with Gasteiger partial charge in [0, 0.05) is 55.7 Å². The minimum atomic E-state index is -2.88. The number of aryl methyl sites for hydroxylation is 3. The number of alkyl halides is 2.